The van der Waals surface area contributed by atoms with Crippen LogP contribution in [0.3, 0.4) is 0 Å². The molecule has 6 aliphatic rings. The number of carbonyl (C=O) groups is 3. The molecule has 5 aliphatic carbocycles. The largest absolute Gasteiger partial charge is 0.550 e. The van der Waals surface area contributed by atoms with Crippen LogP contribution in [0.25, 0.3) is 0 Å². The third-order valence-corrected chi connectivity index (χ3v) is 12.5. The number of benzene rings is 1. The molecule has 1 spiro atoms. The molecule has 4 fully saturated rings. The molecular weight excluding hydrogens is 516 g/mol. The number of allylic oxidation sites excluding steroid dienone is 2. The Morgan fingerprint density at radius 2 is 1.72 bits per heavy atom. The van der Waals surface area contributed by atoms with Gasteiger partial charge in [0.1, 0.15) is 0 Å². The second-order valence-corrected chi connectivity index (χ2v) is 15.1. The number of primary sulfonamides is 1. The molecular formula is C30H37N2O6S-. The summed E-state index contributed by atoms with van der Waals surface area (Å²) in [4.78, 5) is 41.9. The number of carboxylic acids is 1. The molecule has 2 N–H and O–H groups in total. The van der Waals surface area contributed by atoms with Crippen molar-refractivity contribution in [2.75, 3.05) is 4.90 Å². The van der Waals surface area contributed by atoms with E-state index < -0.39 is 38.7 Å². The number of carboxylic acid groups (broad SMARTS) is 1. The zero-order chi connectivity index (χ0) is 28.3. The molecule has 8 nitrogen and oxygen atoms in total. The maximum atomic E-state index is 14.3. The summed E-state index contributed by atoms with van der Waals surface area (Å²) in [6, 6.07) is 5.61. The topological polar surface area (TPSA) is 138 Å². The third-order valence-electron chi connectivity index (χ3n) is 11.6. The van der Waals surface area contributed by atoms with Crippen molar-refractivity contribution in [2.45, 2.75) is 71.1 Å². The van der Waals surface area contributed by atoms with Crippen LogP contribution in [0.5, 0.6) is 0 Å². The molecule has 3 saturated carbocycles. The Morgan fingerprint density at radius 3 is 2.31 bits per heavy atom. The zero-order valence-electron chi connectivity index (χ0n) is 23.0. The first-order chi connectivity index (χ1) is 18.2. The average molecular weight is 554 g/mol. The van der Waals surface area contributed by atoms with Crippen LogP contribution in [0, 0.1) is 51.8 Å². The molecule has 210 valence electrons. The molecule has 8 atom stereocenters. The van der Waals surface area contributed by atoms with Gasteiger partial charge in [-0.25, -0.2) is 13.6 Å². The van der Waals surface area contributed by atoms with Crippen LogP contribution in [-0.4, -0.2) is 26.2 Å². The molecule has 0 unspecified atom stereocenters. The maximum absolute atomic E-state index is 14.3. The zero-order valence-corrected chi connectivity index (χ0v) is 23.8. The van der Waals surface area contributed by atoms with Gasteiger partial charge < -0.3 is 9.90 Å². The normalized spacial score (nSPS) is 41.2. The van der Waals surface area contributed by atoms with Crippen molar-refractivity contribution >= 4 is 33.5 Å². The highest BCUT2D eigenvalue weighted by Gasteiger charge is 2.72. The van der Waals surface area contributed by atoms with Crippen molar-refractivity contribution in [3.63, 3.8) is 0 Å². The number of aliphatic carboxylic acids is 1. The Morgan fingerprint density at radius 1 is 1.05 bits per heavy atom. The first-order valence-corrected chi connectivity index (χ1v) is 15.7. The van der Waals surface area contributed by atoms with Gasteiger partial charge >= 0.3 is 0 Å². The van der Waals surface area contributed by atoms with E-state index in [-0.39, 0.29) is 45.8 Å². The van der Waals surface area contributed by atoms with Crippen LogP contribution in [0.1, 0.15) is 66.2 Å². The lowest BCUT2D eigenvalue weighted by atomic mass is 9.34. The fourth-order valence-corrected chi connectivity index (χ4v) is 10.5. The molecule has 0 aromatic heterocycles. The Labute approximate surface area is 230 Å². The van der Waals surface area contributed by atoms with Crippen LogP contribution < -0.4 is 15.1 Å². The van der Waals surface area contributed by atoms with Gasteiger partial charge in [0.05, 0.1) is 22.4 Å². The number of rotatable bonds is 4. The number of anilines is 1. The highest BCUT2D eigenvalue weighted by Crippen LogP contribution is 2.74. The number of hydrogen-bond donors (Lipinski definition) is 1. The molecule has 7 rings (SSSR count). The van der Waals surface area contributed by atoms with E-state index in [0.29, 0.717) is 24.9 Å². The molecule has 2 amide bonds. The number of fused-ring (bicyclic) bond motifs is 1. The standard InChI is InChI=1S/C30H38N2O6S/c1-16(2)20-15-30-13-10-21-28(3,11-5-12-29(21,4)27(35)36)22(30)14-19(20)23-24(30)26(34)32(25(23)33)17-6-8-18(9-7-17)39(31,37)38/h6-9,15-16,19,21-24H,5,10-14H2,1-4H3,(H,35,36)(H2,31,37,38)/p-1/t19-,21-,22+,23-,24+,28+,29+,30-/m1/s1. The summed E-state index contributed by atoms with van der Waals surface area (Å²) in [7, 11) is -3.91. The van der Waals surface area contributed by atoms with Crippen LogP contribution in [-0.2, 0) is 24.4 Å². The van der Waals surface area contributed by atoms with Crippen molar-refractivity contribution < 1.29 is 27.9 Å². The van der Waals surface area contributed by atoms with Gasteiger partial charge in [-0.1, -0.05) is 45.8 Å². The Bertz CT molecular complexity index is 1420. The lowest BCUT2D eigenvalue weighted by Crippen LogP contribution is -2.66. The van der Waals surface area contributed by atoms with E-state index in [2.05, 4.69) is 26.8 Å². The Hall–Kier alpha value is -2.52. The van der Waals surface area contributed by atoms with Gasteiger partial charge in [0.25, 0.3) is 0 Å². The summed E-state index contributed by atoms with van der Waals surface area (Å²) in [6.07, 6.45) is 6.78. The van der Waals surface area contributed by atoms with Crippen molar-refractivity contribution in [3.05, 3.63) is 35.9 Å². The summed E-state index contributed by atoms with van der Waals surface area (Å²) in [6.45, 7) is 8.35. The first-order valence-electron chi connectivity index (χ1n) is 14.1. The van der Waals surface area contributed by atoms with Crippen molar-refractivity contribution in [1.82, 2.24) is 0 Å². The third kappa shape index (κ3) is 3.38. The van der Waals surface area contributed by atoms with Crippen LogP contribution in [0.4, 0.5) is 5.69 Å². The van der Waals surface area contributed by atoms with Gasteiger partial charge in [-0.2, -0.15) is 0 Å². The number of carbonyl (C=O) groups excluding carboxylic acids is 3. The number of hydrogen-bond acceptors (Lipinski definition) is 6. The van der Waals surface area contributed by atoms with E-state index in [1.807, 2.05) is 6.92 Å². The highest BCUT2D eigenvalue weighted by atomic mass is 32.2. The minimum absolute atomic E-state index is 0.0397. The second-order valence-electron chi connectivity index (χ2n) is 13.5. The summed E-state index contributed by atoms with van der Waals surface area (Å²) in [5, 5.41) is 17.7. The van der Waals surface area contributed by atoms with E-state index in [1.54, 1.807) is 0 Å². The van der Waals surface area contributed by atoms with E-state index in [4.69, 9.17) is 5.14 Å². The SMILES string of the molecule is CC(C)C1=C[C@]23CC[C@@H]4[C@](C)(CCC[C@]4(C)C(=O)[O-])[C@@H]2C[C@H]1[C@H]1C(=O)N(c2ccc(S(N)(=O)=O)cc2)C(=O)[C@H]13. The van der Waals surface area contributed by atoms with E-state index in [9.17, 15) is 27.9 Å². The van der Waals surface area contributed by atoms with E-state index in [0.717, 1.165) is 19.3 Å². The Balaban J connectivity index is 1.46. The lowest BCUT2D eigenvalue weighted by Gasteiger charge is -2.69. The van der Waals surface area contributed by atoms with Gasteiger partial charge in [-0.05, 0) is 85.5 Å². The van der Waals surface area contributed by atoms with Crippen molar-refractivity contribution in [1.29, 1.82) is 0 Å². The van der Waals surface area contributed by atoms with Gasteiger partial charge in [0.2, 0.25) is 21.8 Å². The minimum atomic E-state index is -3.91. The molecule has 9 heteroatoms. The number of nitrogens with two attached hydrogens (primary N) is 1. The van der Waals surface area contributed by atoms with Crippen molar-refractivity contribution in [2.24, 2.45) is 56.9 Å². The van der Waals surface area contributed by atoms with Gasteiger partial charge in [-0.3, -0.25) is 14.5 Å². The molecule has 39 heavy (non-hydrogen) atoms. The predicted molar refractivity (Wildman–Crippen MR) is 142 cm³/mol. The van der Waals surface area contributed by atoms with Crippen LogP contribution >= 0.6 is 0 Å². The average Bonchev–Trinajstić information content (AvgIpc) is 3.14. The number of nitrogens with zero attached hydrogens (tertiary/aromatic N) is 1. The van der Waals surface area contributed by atoms with E-state index in [1.165, 1.54) is 34.7 Å². The van der Waals surface area contributed by atoms with Gasteiger partial charge in [0.15, 0.2) is 0 Å². The monoisotopic (exact) mass is 553 g/mol. The van der Waals surface area contributed by atoms with Crippen molar-refractivity contribution in [3.8, 4) is 0 Å². The molecule has 1 aliphatic heterocycles. The minimum Gasteiger partial charge on any atom is -0.550 e. The predicted octanol–water partition coefficient (Wildman–Crippen LogP) is 3.01. The molecule has 1 saturated heterocycles. The maximum Gasteiger partial charge on any atom is 0.238 e. The molecule has 1 aromatic carbocycles. The number of imide groups is 1. The number of amides is 2. The van der Waals surface area contributed by atoms with Crippen LogP contribution in [0.2, 0.25) is 0 Å². The van der Waals surface area contributed by atoms with Gasteiger partial charge in [-0.15, -0.1) is 0 Å². The highest BCUT2D eigenvalue weighted by molar-refractivity contribution is 7.89. The molecule has 0 radical (unpaired) electrons. The molecule has 1 heterocycles. The van der Waals surface area contributed by atoms with E-state index >= 15 is 0 Å². The summed E-state index contributed by atoms with van der Waals surface area (Å²) in [5.41, 5.74) is -0.104. The molecule has 2 bridgehead atoms. The summed E-state index contributed by atoms with van der Waals surface area (Å²) < 4.78 is 23.5. The Kier molecular flexibility index (Phi) is 5.65. The van der Waals surface area contributed by atoms with Gasteiger partial charge in [0, 0.05) is 16.8 Å². The summed E-state index contributed by atoms with van der Waals surface area (Å²) in [5.74, 6) is -2.22. The fourth-order valence-electron chi connectivity index (χ4n) is 9.99. The molecule has 1 aromatic rings. The second kappa shape index (κ2) is 8.26. The number of sulfonamides is 1. The fraction of sp³-hybridized carbons (Fsp3) is 0.633. The summed E-state index contributed by atoms with van der Waals surface area (Å²) >= 11 is 0. The smallest absolute Gasteiger partial charge is 0.238 e. The lowest BCUT2D eigenvalue weighted by molar-refractivity contribution is -0.328. The quantitative estimate of drug-likeness (QED) is 0.449. The van der Waals surface area contributed by atoms with Crippen LogP contribution in [0.15, 0.2) is 40.8 Å². The first kappa shape index (κ1) is 26.7.